The molecular formula is C15H17ClN2O4. The quantitative estimate of drug-likeness (QED) is 0.849. The molecule has 22 heavy (non-hydrogen) atoms. The maximum Gasteiger partial charge on any atom is 0.239 e. The molecule has 1 fully saturated rings. The van der Waals surface area contributed by atoms with Crippen LogP contribution in [0.3, 0.4) is 0 Å². The Hall–Kier alpha value is -1.95. The van der Waals surface area contributed by atoms with Gasteiger partial charge in [-0.1, -0.05) is 11.6 Å². The number of ether oxygens (including phenoxy) is 2. The van der Waals surface area contributed by atoms with Crippen molar-refractivity contribution in [3.05, 3.63) is 22.7 Å². The van der Waals surface area contributed by atoms with Crippen molar-refractivity contribution >= 4 is 23.4 Å². The zero-order chi connectivity index (χ0) is 15.5. The third kappa shape index (κ3) is 3.82. The Balaban J connectivity index is 1.54. The lowest BCUT2D eigenvalue weighted by atomic mass is 10.1. The minimum Gasteiger partial charge on any atom is -0.486 e. The average Bonchev–Trinajstić information content (AvgIpc) is 3.29. The molecule has 0 unspecified atom stereocenters. The molecule has 6 nitrogen and oxygen atoms in total. The Kier molecular flexibility index (Phi) is 4.38. The first kappa shape index (κ1) is 15.0. The second kappa shape index (κ2) is 6.44. The second-order valence-corrected chi connectivity index (χ2v) is 5.80. The van der Waals surface area contributed by atoms with Gasteiger partial charge in [0, 0.05) is 6.04 Å². The van der Waals surface area contributed by atoms with E-state index in [1.54, 1.807) is 12.1 Å². The Morgan fingerprint density at radius 3 is 2.73 bits per heavy atom. The Labute approximate surface area is 133 Å². The number of benzene rings is 1. The van der Waals surface area contributed by atoms with Crippen molar-refractivity contribution in [2.24, 2.45) is 0 Å². The van der Waals surface area contributed by atoms with Gasteiger partial charge < -0.3 is 20.1 Å². The summed E-state index contributed by atoms with van der Waals surface area (Å²) in [5.41, 5.74) is 0.717. The van der Waals surface area contributed by atoms with Crippen LogP contribution in [-0.2, 0) is 16.0 Å². The summed E-state index contributed by atoms with van der Waals surface area (Å²) in [6.07, 6.45) is 2.18. The molecule has 118 valence electrons. The van der Waals surface area contributed by atoms with Crippen LogP contribution in [0.25, 0.3) is 0 Å². The minimum absolute atomic E-state index is 0.00633. The van der Waals surface area contributed by atoms with Crippen LogP contribution in [0.5, 0.6) is 11.5 Å². The first-order valence-corrected chi connectivity index (χ1v) is 7.63. The van der Waals surface area contributed by atoms with Gasteiger partial charge in [-0.05, 0) is 30.5 Å². The maximum atomic E-state index is 11.9. The van der Waals surface area contributed by atoms with E-state index in [-0.39, 0.29) is 24.8 Å². The number of amides is 2. The number of hydrogen-bond acceptors (Lipinski definition) is 4. The number of fused-ring (bicyclic) bond motifs is 1. The summed E-state index contributed by atoms with van der Waals surface area (Å²) >= 11 is 6.12. The van der Waals surface area contributed by atoms with Crippen molar-refractivity contribution in [2.45, 2.75) is 25.3 Å². The predicted octanol–water partition coefficient (Wildman–Crippen LogP) is 1.05. The minimum atomic E-state index is -0.237. The van der Waals surface area contributed by atoms with Gasteiger partial charge in [-0.3, -0.25) is 9.59 Å². The summed E-state index contributed by atoms with van der Waals surface area (Å²) in [6, 6.07) is 3.71. The molecule has 0 aromatic heterocycles. The summed E-state index contributed by atoms with van der Waals surface area (Å²) < 4.78 is 10.9. The van der Waals surface area contributed by atoms with Gasteiger partial charge in [0.05, 0.1) is 18.0 Å². The average molecular weight is 325 g/mol. The van der Waals surface area contributed by atoms with Gasteiger partial charge in [0.25, 0.3) is 0 Å². The fourth-order valence-corrected chi connectivity index (χ4v) is 2.49. The second-order valence-electron chi connectivity index (χ2n) is 5.40. The zero-order valence-electron chi connectivity index (χ0n) is 12.0. The molecule has 0 bridgehead atoms. The van der Waals surface area contributed by atoms with Crippen LogP contribution < -0.4 is 20.1 Å². The highest BCUT2D eigenvalue weighted by Gasteiger charge is 2.23. The van der Waals surface area contributed by atoms with Crippen LogP contribution in [0, 0.1) is 0 Å². The number of nitrogens with one attached hydrogen (secondary N) is 2. The fraction of sp³-hybridized carbons (Fsp3) is 0.467. The van der Waals surface area contributed by atoms with Crippen molar-refractivity contribution in [1.82, 2.24) is 10.6 Å². The van der Waals surface area contributed by atoms with Crippen molar-refractivity contribution < 1.29 is 19.1 Å². The van der Waals surface area contributed by atoms with E-state index in [1.165, 1.54) is 0 Å². The molecule has 2 N–H and O–H groups in total. The lowest BCUT2D eigenvalue weighted by Crippen LogP contribution is -2.38. The molecule has 2 amide bonds. The molecule has 3 rings (SSSR count). The molecule has 0 saturated heterocycles. The molecule has 7 heteroatoms. The number of carbonyl (C=O) groups is 2. The van der Waals surface area contributed by atoms with Crippen LogP contribution in [0.15, 0.2) is 12.1 Å². The maximum absolute atomic E-state index is 11.9. The lowest BCUT2D eigenvalue weighted by Gasteiger charge is -2.20. The molecule has 1 aliphatic carbocycles. The van der Waals surface area contributed by atoms with Gasteiger partial charge in [-0.15, -0.1) is 0 Å². The Morgan fingerprint density at radius 2 is 1.95 bits per heavy atom. The van der Waals surface area contributed by atoms with E-state index in [1.807, 2.05) is 0 Å². The summed E-state index contributed by atoms with van der Waals surface area (Å²) in [4.78, 5) is 23.4. The SMILES string of the molecule is O=C(Cc1cc(Cl)c2c(c1)OCCO2)NCC(=O)NC1CC1. The highest BCUT2D eigenvalue weighted by molar-refractivity contribution is 6.32. The van der Waals surface area contributed by atoms with Crippen LogP contribution in [0.1, 0.15) is 18.4 Å². The molecule has 0 spiro atoms. The predicted molar refractivity (Wildman–Crippen MR) is 80.3 cm³/mol. The van der Waals surface area contributed by atoms with E-state index >= 15 is 0 Å². The topological polar surface area (TPSA) is 76.7 Å². The fourth-order valence-electron chi connectivity index (χ4n) is 2.20. The van der Waals surface area contributed by atoms with Crippen LogP contribution in [0.2, 0.25) is 5.02 Å². The first-order valence-electron chi connectivity index (χ1n) is 7.26. The van der Waals surface area contributed by atoms with Gasteiger partial charge in [-0.2, -0.15) is 0 Å². The summed E-state index contributed by atoms with van der Waals surface area (Å²) in [5, 5.41) is 5.83. The highest BCUT2D eigenvalue weighted by atomic mass is 35.5. The number of carbonyl (C=O) groups excluding carboxylic acids is 2. The third-order valence-corrected chi connectivity index (χ3v) is 3.69. The van der Waals surface area contributed by atoms with E-state index in [0.717, 1.165) is 12.8 Å². The van der Waals surface area contributed by atoms with Crippen LogP contribution in [-0.4, -0.2) is 37.6 Å². The highest BCUT2D eigenvalue weighted by Crippen LogP contribution is 2.38. The molecule has 1 saturated carbocycles. The first-order chi connectivity index (χ1) is 10.6. The standard InChI is InChI=1S/C15H17ClN2O4/c16-11-5-9(6-12-15(11)22-4-3-21-12)7-13(19)17-8-14(20)18-10-1-2-10/h5-6,10H,1-4,7-8H2,(H,17,19)(H,18,20). The molecular weight excluding hydrogens is 308 g/mol. The molecule has 1 heterocycles. The molecule has 1 aromatic carbocycles. The Morgan fingerprint density at radius 1 is 1.18 bits per heavy atom. The zero-order valence-corrected chi connectivity index (χ0v) is 12.7. The normalized spacial score (nSPS) is 16.0. The van der Waals surface area contributed by atoms with Gasteiger partial charge in [0.15, 0.2) is 11.5 Å². The third-order valence-electron chi connectivity index (χ3n) is 3.41. The summed E-state index contributed by atoms with van der Waals surface area (Å²) in [5.74, 6) is 0.670. The van der Waals surface area contributed by atoms with Gasteiger partial charge in [0.2, 0.25) is 11.8 Å². The van der Waals surface area contributed by atoms with Crippen LogP contribution >= 0.6 is 11.6 Å². The molecule has 2 aliphatic rings. The van der Waals surface area contributed by atoms with Crippen molar-refractivity contribution in [3.63, 3.8) is 0 Å². The molecule has 0 atom stereocenters. The smallest absolute Gasteiger partial charge is 0.239 e. The number of hydrogen-bond donors (Lipinski definition) is 2. The summed E-state index contributed by atoms with van der Waals surface area (Å²) in [6.45, 7) is 0.913. The van der Waals surface area contributed by atoms with E-state index in [9.17, 15) is 9.59 Å². The largest absolute Gasteiger partial charge is 0.486 e. The monoisotopic (exact) mass is 324 g/mol. The van der Waals surface area contributed by atoms with Crippen molar-refractivity contribution in [2.75, 3.05) is 19.8 Å². The Bertz CT molecular complexity index is 601. The summed E-state index contributed by atoms with van der Waals surface area (Å²) in [7, 11) is 0. The molecule has 1 aromatic rings. The number of halogens is 1. The van der Waals surface area contributed by atoms with E-state index in [2.05, 4.69) is 10.6 Å². The van der Waals surface area contributed by atoms with Crippen LogP contribution in [0.4, 0.5) is 0 Å². The van der Waals surface area contributed by atoms with Crippen molar-refractivity contribution in [3.8, 4) is 11.5 Å². The van der Waals surface area contributed by atoms with Gasteiger partial charge in [0.1, 0.15) is 13.2 Å². The van der Waals surface area contributed by atoms with Gasteiger partial charge in [-0.25, -0.2) is 0 Å². The van der Waals surface area contributed by atoms with Gasteiger partial charge >= 0.3 is 0 Å². The lowest BCUT2D eigenvalue weighted by molar-refractivity contribution is -0.125. The molecule has 0 radical (unpaired) electrons. The van der Waals surface area contributed by atoms with E-state index in [0.29, 0.717) is 41.3 Å². The van der Waals surface area contributed by atoms with E-state index in [4.69, 9.17) is 21.1 Å². The van der Waals surface area contributed by atoms with E-state index < -0.39 is 0 Å². The molecule has 1 aliphatic heterocycles. The number of rotatable bonds is 5. The van der Waals surface area contributed by atoms with Crippen molar-refractivity contribution in [1.29, 1.82) is 0 Å².